The quantitative estimate of drug-likeness (QED) is 0.413. The number of hydrogen-bond donors (Lipinski definition) is 0. The first kappa shape index (κ1) is 18.1. The minimum absolute atomic E-state index is 0.133. The van der Waals surface area contributed by atoms with E-state index in [2.05, 4.69) is 0 Å². The van der Waals surface area contributed by atoms with Crippen LogP contribution < -0.4 is 0 Å². The smallest absolute Gasteiger partial charge is 0.305 e. The van der Waals surface area contributed by atoms with Crippen molar-refractivity contribution in [3.63, 3.8) is 0 Å². The van der Waals surface area contributed by atoms with Crippen LogP contribution in [0.3, 0.4) is 0 Å². The summed E-state index contributed by atoms with van der Waals surface area (Å²) < 4.78 is 21.8. The fraction of sp³-hybridized carbons (Fsp3) is 0.933. The largest absolute Gasteiger partial charge is 0.466 e. The Hall–Kier alpha value is -1.25. The van der Waals surface area contributed by atoms with Crippen LogP contribution in [-0.2, 0) is 23.7 Å². The molecule has 132 valence electrons. The van der Waals surface area contributed by atoms with Crippen LogP contribution in [0.1, 0.15) is 39.5 Å². The molecule has 0 radical (unpaired) electrons. The van der Waals surface area contributed by atoms with Gasteiger partial charge in [0, 0.05) is 44.1 Å². The molecule has 1 saturated heterocycles. The van der Waals surface area contributed by atoms with Crippen LogP contribution in [0.5, 0.6) is 0 Å². The molecule has 2 rings (SSSR count). The van der Waals surface area contributed by atoms with E-state index in [1.54, 1.807) is 13.8 Å². The van der Waals surface area contributed by atoms with E-state index in [-0.39, 0.29) is 17.3 Å². The van der Waals surface area contributed by atoms with E-state index in [1.165, 1.54) is 7.11 Å². The molecule has 3 atom stereocenters. The highest BCUT2D eigenvalue weighted by Crippen LogP contribution is 2.47. The maximum atomic E-state index is 11.8. The van der Waals surface area contributed by atoms with E-state index in [0.29, 0.717) is 39.1 Å². The number of hydrogen-bond acceptors (Lipinski definition) is 7. The van der Waals surface area contributed by atoms with Gasteiger partial charge in [-0.1, -0.05) is 0 Å². The molecular formula is C15H25NO7. The fourth-order valence-electron chi connectivity index (χ4n) is 3.66. The Morgan fingerprint density at radius 1 is 1.35 bits per heavy atom. The van der Waals surface area contributed by atoms with E-state index in [1.807, 2.05) is 0 Å². The van der Waals surface area contributed by atoms with Gasteiger partial charge in [0.15, 0.2) is 5.79 Å². The Balaban J connectivity index is 2.20. The summed E-state index contributed by atoms with van der Waals surface area (Å²) in [4.78, 5) is 23.1. The van der Waals surface area contributed by atoms with Crippen molar-refractivity contribution in [2.45, 2.75) is 57.0 Å². The zero-order valence-corrected chi connectivity index (χ0v) is 13.9. The Morgan fingerprint density at radius 3 is 2.52 bits per heavy atom. The maximum Gasteiger partial charge on any atom is 0.305 e. The van der Waals surface area contributed by atoms with Crippen molar-refractivity contribution in [2.24, 2.45) is 5.92 Å². The van der Waals surface area contributed by atoms with Crippen molar-refractivity contribution in [3.05, 3.63) is 10.1 Å². The third kappa shape index (κ3) is 3.49. The van der Waals surface area contributed by atoms with E-state index in [0.717, 1.165) is 0 Å². The minimum Gasteiger partial charge on any atom is -0.466 e. The number of esters is 1. The lowest BCUT2D eigenvalue weighted by molar-refractivity contribution is -0.598. The molecule has 0 N–H and O–H groups in total. The number of ether oxygens (including phenoxy) is 4. The average molecular weight is 331 g/mol. The lowest BCUT2D eigenvalue weighted by atomic mass is 9.68. The van der Waals surface area contributed by atoms with E-state index in [4.69, 9.17) is 18.9 Å². The molecule has 1 heterocycles. The molecular weight excluding hydrogens is 306 g/mol. The molecule has 1 aliphatic heterocycles. The van der Waals surface area contributed by atoms with Gasteiger partial charge in [-0.25, -0.2) is 0 Å². The van der Waals surface area contributed by atoms with Gasteiger partial charge in [-0.05, 0) is 13.3 Å². The van der Waals surface area contributed by atoms with Gasteiger partial charge in [0.1, 0.15) is 6.10 Å². The minimum atomic E-state index is -1.29. The highest BCUT2D eigenvalue weighted by Gasteiger charge is 2.62. The molecule has 1 saturated carbocycles. The summed E-state index contributed by atoms with van der Waals surface area (Å²) in [7, 11) is 1.46. The molecule has 0 unspecified atom stereocenters. The number of nitrogens with zero attached hydrogens (tertiary/aromatic N) is 1. The summed E-state index contributed by atoms with van der Waals surface area (Å²) in [6.07, 6.45) is 0.524. The first-order valence-electron chi connectivity index (χ1n) is 7.99. The van der Waals surface area contributed by atoms with Crippen molar-refractivity contribution in [1.82, 2.24) is 0 Å². The van der Waals surface area contributed by atoms with Crippen LogP contribution >= 0.6 is 0 Å². The van der Waals surface area contributed by atoms with Gasteiger partial charge in [0.05, 0.1) is 19.8 Å². The highest BCUT2D eigenvalue weighted by molar-refractivity contribution is 5.69. The van der Waals surface area contributed by atoms with Crippen molar-refractivity contribution in [2.75, 3.05) is 26.9 Å². The second-order valence-electron chi connectivity index (χ2n) is 6.26. The predicted octanol–water partition coefficient (Wildman–Crippen LogP) is 1.53. The first-order valence-corrected chi connectivity index (χ1v) is 7.99. The Morgan fingerprint density at radius 2 is 2.00 bits per heavy atom. The summed E-state index contributed by atoms with van der Waals surface area (Å²) in [5, 5.41) is 11.8. The zero-order chi connectivity index (χ0) is 17.1. The van der Waals surface area contributed by atoms with Gasteiger partial charge in [0.2, 0.25) is 5.54 Å². The van der Waals surface area contributed by atoms with Crippen molar-refractivity contribution in [1.29, 1.82) is 0 Å². The summed E-state index contributed by atoms with van der Waals surface area (Å²) in [5.41, 5.74) is -1.29. The van der Waals surface area contributed by atoms with Crippen LogP contribution in [0.25, 0.3) is 0 Å². The third-order valence-corrected chi connectivity index (χ3v) is 5.03. The number of nitro groups is 1. The molecule has 0 amide bonds. The Bertz CT molecular complexity index is 449. The number of carbonyl (C=O) groups is 1. The second kappa shape index (κ2) is 7.11. The lowest BCUT2D eigenvalue weighted by Crippen LogP contribution is -2.62. The summed E-state index contributed by atoms with van der Waals surface area (Å²) >= 11 is 0. The summed E-state index contributed by atoms with van der Waals surface area (Å²) in [6, 6.07) is 0. The molecule has 0 aromatic carbocycles. The summed E-state index contributed by atoms with van der Waals surface area (Å²) in [5.74, 6) is -1.59. The maximum absolute atomic E-state index is 11.8. The summed E-state index contributed by atoms with van der Waals surface area (Å²) in [6.45, 7) is 4.55. The van der Waals surface area contributed by atoms with Crippen molar-refractivity contribution in [3.8, 4) is 0 Å². The number of carbonyl (C=O) groups excluding carboxylic acids is 1. The molecule has 1 aliphatic carbocycles. The van der Waals surface area contributed by atoms with Crippen molar-refractivity contribution >= 4 is 5.97 Å². The molecule has 23 heavy (non-hydrogen) atoms. The van der Waals surface area contributed by atoms with Gasteiger partial charge in [0.25, 0.3) is 0 Å². The topological polar surface area (TPSA) is 97.1 Å². The van der Waals surface area contributed by atoms with E-state index >= 15 is 0 Å². The van der Waals surface area contributed by atoms with E-state index < -0.39 is 23.3 Å². The Kier molecular flexibility index (Phi) is 5.59. The number of rotatable bonds is 6. The molecule has 8 nitrogen and oxygen atoms in total. The monoisotopic (exact) mass is 331 g/mol. The predicted molar refractivity (Wildman–Crippen MR) is 79.4 cm³/mol. The standard InChI is InChI=1S/C15H25NO7/c1-4-21-13(17)6-5-11-9-15(22-7-8-23-15)10-12(20-3)14(11,2)16(18)19/h11-12H,4-10H2,1-3H3/t11-,12-,14+/m1/s1. The molecule has 1 spiro atoms. The Labute approximate surface area is 135 Å². The molecule has 0 aromatic rings. The lowest BCUT2D eigenvalue weighted by Gasteiger charge is -2.46. The van der Waals surface area contributed by atoms with Gasteiger partial charge < -0.3 is 18.9 Å². The van der Waals surface area contributed by atoms with Gasteiger partial charge in [-0.3, -0.25) is 14.9 Å². The SMILES string of the molecule is CCOC(=O)CC[C@@H]1CC2(C[C@@H](OC)[C@@]1(C)[N+](=O)[O-])OCCO2. The first-order chi connectivity index (χ1) is 10.9. The molecule has 8 heteroatoms. The fourth-order valence-corrected chi connectivity index (χ4v) is 3.66. The van der Waals surface area contributed by atoms with Gasteiger partial charge in [-0.2, -0.15) is 0 Å². The molecule has 2 aliphatic rings. The molecule has 2 fully saturated rings. The van der Waals surface area contributed by atoms with Crippen LogP contribution in [0.4, 0.5) is 0 Å². The molecule has 0 aromatic heterocycles. The van der Waals surface area contributed by atoms with Crippen LogP contribution in [0.15, 0.2) is 0 Å². The normalized spacial score (nSPS) is 32.8. The third-order valence-electron chi connectivity index (χ3n) is 5.03. The highest BCUT2D eigenvalue weighted by atomic mass is 16.7. The van der Waals surface area contributed by atoms with E-state index in [9.17, 15) is 14.9 Å². The van der Waals surface area contributed by atoms with Crippen LogP contribution in [0.2, 0.25) is 0 Å². The number of methoxy groups -OCH3 is 1. The zero-order valence-electron chi connectivity index (χ0n) is 13.9. The second-order valence-corrected chi connectivity index (χ2v) is 6.26. The van der Waals surface area contributed by atoms with Crippen LogP contribution in [-0.4, -0.2) is 55.3 Å². The van der Waals surface area contributed by atoms with Crippen molar-refractivity contribution < 1.29 is 28.7 Å². The van der Waals surface area contributed by atoms with Crippen LogP contribution in [0, 0.1) is 16.0 Å². The molecule has 0 bridgehead atoms. The van der Waals surface area contributed by atoms with Gasteiger partial charge in [-0.15, -0.1) is 0 Å². The average Bonchev–Trinajstić information content (AvgIpc) is 2.96. The van der Waals surface area contributed by atoms with Gasteiger partial charge >= 0.3 is 5.97 Å².